The summed E-state index contributed by atoms with van der Waals surface area (Å²) in [5.41, 5.74) is 5.52. The second-order valence-corrected chi connectivity index (χ2v) is 14.3. The highest BCUT2D eigenvalue weighted by Crippen LogP contribution is 2.44. The topological polar surface area (TPSA) is 129 Å². The molecule has 0 radical (unpaired) electrons. The predicted octanol–water partition coefficient (Wildman–Crippen LogP) is 8.24. The largest absolute Gasteiger partial charge is 0.478 e. The lowest BCUT2D eigenvalue weighted by atomic mass is 9.90. The first-order chi connectivity index (χ1) is 24.8. The second-order valence-electron chi connectivity index (χ2n) is 13.4. The normalized spacial score (nSPS) is 16.4. The van der Waals surface area contributed by atoms with Crippen molar-refractivity contribution in [2.45, 2.75) is 98.0 Å². The van der Waals surface area contributed by atoms with Crippen LogP contribution in [0.4, 0.5) is 4.79 Å². The van der Waals surface area contributed by atoms with E-state index in [-0.39, 0.29) is 36.4 Å². The van der Waals surface area contributed by atoms with E-state index in [1.165, 1.54) is 23.7 Å². The number of carbonyl (C=O) groups excluding carboxylic acids is 3. The van der Waals surface area contributed by atoms with Gasteiger partial charge in [0.1, 0.15) is 18.8 Å². The smallest absolute Gasteiger partial charge is 0.410 e. The fourth-order valence-corrected chi connectivity index (χ4v) is 6.59. The maximum Gasteiger partial charge on any atom is 0.410 e. The van der Waals surface area contributed by atoms with Crippen LogP contribution in [-0.2, 0) is 33.3 Å². The van der Waals surface area contributed by atoms with Crippen LogP contribution in [-0.4, -0.2) is 84.2 Å². The van der Waals surface area contributed by atoms with Gasteiger partial charge < -0.3 is 24.1 Å². The molecule has 1 aliphatic rings. The van der Waals surface area contributed by atoms with Crippen molar-refractivity contribution >= 4 is 35.8 Å². The number of esters is 2. The van der Waals surface area contributed by atoms with E-state index in [9.17, 15) is 24.3 Å². The number of aliphatic carboxylic acids is 1. The zero-order chi connectivity index (χ0) is 38.5. The lowest BCUT2D eigenvalue weighted by molar-refractivity contribution is -0.164. The number of allylic oxidation sites excluding steroid dienone is 1. The van der Waals surface area contributed by atoms with Crippen LogP contribution in [0.15, 0.2) is 71.8 Å². The fourth-order valence-electron chi connectivity index (χ4n) is 6.28. The van der Waals surface area contributed by atoms with Crippen molar-refractivity contribution in [3.05, 3.63) is 83.0 Å². The van der Waals surface area contributed by atoms with E-state index in [2.05, 4.69) is 12.1 Å². The Morgan fingerprint density at radius 1 is 0.904 bits per heavy atom. The van der Waals surface area contributed by atoms with Crippen molar-refractivity contribution < 1.29 is 43.2 Å². The summed E-state index contributed by atoms with van der Waals surface area (Å²) in [6, 6.07) is 15.2. The molecule has 2 aromatic carbocycles. The van der Waals surface area contributed by atoms with Gasteiger partial charge in [-0.1, -0.05) is 88.4 Å². The SMILES string of the molecule is CC/C=C(\C)[C@@H](OC(=O)[C@H](C)N(C)C(=O)OCC1c2ccccc2-c2ccccc21)[C@@H](C)[C@H](C/C=C(\C)C(=O)O[C@@H](C(=O)O)[C@@H](C)CC)OCSC. The van der Waals surface area contributed by atoms with Gasteiger partial charge in [0.25, 0.3) is 0 Å². The van der Waals surface area contributed by atoms with Crippen LogP contribution < -0.4 is 0 Å². The van der Waals surface area contributed by atoms with Gasteiger partial charge in [0.15, 0.2) is 0 Å². The number of hydrogen-bond acceptors (Lipinski definition) is 9. The molecule has 1 N–H and O–H groups in total. The minimum Gasteiger partial charge on any atom is -0.478 e. The molecule has 0 saturated heterocycles. The highest BCUT2D eigenvalue weighted by atomic mass is 32.2. The maximum atomic E-state index is 13.7. The van der Waals surface area contributed by atoms with Crippen molar-refractivity contribution in [2.24, 2.45) is 11.8 Å². The molecular formula is C41H55NO9S. The predicted molar refractivity (Wildman–Crippen MR) is 204 cm³/mol. The summed E-state index contributed by atoms with van der Waals surface area (Å²) in [7, 11) is 1.52. The summed E-state index contributed by atoms with van der Waals surface area (Å²) in [5.74, 6) is -2.96. The summed E-state index contributed by atoms with van der Waals surface area (Å²) >= 11 is 1.49. The first-order valence-electron chi connectivity index (χ1n) is 17.9. The number of nitrogens with zero attached hydrogens (tertiary/aromatic N) is 1. The molecule has 1 aliphatic carbocycles. The lowest BCUT2D eigenvalue weighted by Gasteiger charge is -2.33. The molecule has 52 heavy (non-hydrogen) atoms. The number of ether oxygens (including phenoxy) is 4. The quantitative estimate of drug-likeness (QED) is 0.0495. The maximum absolute atomic E-state index is 13.7. The fraction of sp³-hybridized carbons (Fsp3) is 0.512. The first-order valence-corrected chi connectivity index (χ1v) is 19.3. The summed E-state index contributed by atoms with van der Waals surface area (Å²) in [6.07, 6.45) is 4.04. The van der Waals surface area contributed by atoms with E-state index in [4.69, 9.17) is 18.9 Å². The summed E-state index contributed by atoms with van der Waals surface area (Å²) in [5, 5.41) is 9.57. The van der Waals surface area contributed by atoms with E-state index in [1.54, 1.807) is 26.8 Å². The van der Waals surface area contributed by atoms with Gasteiger partial charge >= 0.3 is 24.0 Å². The number of hydrogen-bond donors (Lipinski definition) is 1. The number of carboxylic acid groups (broad SMARTS) is 1. The van der Waals surface area contributed by atoms with Gasteiger partial charge in [-0.15, -0.1) is 11.8 Å². The average molecular weight is 738 g/mol. The van der Waals surface area contributed by atoms with Crippen LogP contribution in [0.1, 0.15) is 84.8 Å². The van der Waals surface area contributed by atoms with Gasteiger partial charge in [-0.25, -0.2) is 19.2 Å². The third-order valence-electron chi connectivity index (χ3n) is 9.84. The van der Waals surface area contributed by atoms with Gasteiger partial charge in [0, 0.05) is 30.4 Å². The van der Waals surface area contributed by atoms with Crippen LogP contribution in [0.25, 0.3) is 11.1 Å². The number of carbonyl (C=O) groups is 4. The minimum absolute atomic E-state index is 0.115. The molecule has 3 rings (SSSR count). The van der Waals surface area contributed by atoms with E-state index < -0.39 is 48.4 Å². The summed E-state index contributed by atoms with van der Waals surface area (Å²) in [6.45, 7) is 12.7. The van der Waals surface area contributed by atoms with Crippen LogP contribution in [0, 0.1) is 11.8 Å². The summed E-state index contributed by atoms with van der Waals surface area (Å²) in [4.78, 5) is 52.8. The van der Waals surface area contributed by atoms with E-state index in [0.29, 0.717) is 18.8 Å². The van der Waals surface area contributed by atoms with Gasteiger partial charge in [0.2, 0.25) is 6.10 Å². The van der Waals surface area contributed by atoms with Crippen molar-refractivity contribution in [2.75, 3.05) is 25.8 Å². The molecule has 11 heteroatoms. The molecule has 0 spiro atoms. The monoisotopic (exact) mass is 737 g/mol. The minimum atomic E-state index is -1.25. The lowest BCUT2D eigenvalue weighted by Crippen LogP contribution is -2.45. The van der Waals surface area contributed by atoms with Gasteiger partial charge in [-0.05, 0) is 74.1 Å². The number of carboxylic acids is 1. The Labute approximate surface area is 312 Å². The molecule has 0 aromatic heterocycles. The Bertz CT molecular complexity index is 1560. The molecule has 2 aromatic rings. The molecule has 10 nitrogen and oxygen atoms in total. The number of rotatable bonds is 19. The number of likely N-dealkylation sites (N-methyl/N-ethyl adjacent to an activating group) is 1. The third kappa shape index (κ3) is 10.7. The molecule has 0 unspecified atom stereocenters. The van der Waals surface area contributed by atoms with Gasteiger partial charge in [-0.2, -0.15) is 0 Å². The molecule has 0 aliphatic heterocycles. The Hall–Kier alpha value is -4.09. The molecular weight excluding hydrogens is 683 g/mol. The van der Waals surface area contributed by atoms with E-state index >= 15 is 0 Å². The summed E-state index contributed by atoms with van der Waals surface area (Å²) < 4.78 is 23.5. The number of fused-ring (bicyclic) bond motifs is 3. The van der Waals surface area contributed by atoms with E-state index in [1.807, 2.05) is 76.4 Å². The first kappa shape index (κ1) is 42.3. The number of benzene rings is 2. The number of thioether (sulfide) groups is 1. The van der Waals surface area contributed by atoms with Gasteiger partial charge in [0.05, 0.1) is 12.0 Å². The standard InChI is InChI=1S/C41H55NO9S/c1-10-16-26(4)36(28(6)35(49-24-52-9)22-21-27(5)39(45)51-37(38(43)44)25(3)11-2)50-40(46)29(7)42(8)41(47)48-23-34-32-19-14-12-17-30(32)31-18-13-15-20-33(31)34/h12-21,25,28-29,34-37H,10-11,22-24H2,1-9H3,(H,43,44)/b26-16+,27-21+/t25-,28-,29-,35-,36+,37+/m0/s1. The molecule has 0 heterocycles. The molecule has 6 atom stereocenters. The highest BCUT2D eigenvalue weighted by molar-refractivity contribution is 7.98. The van der Waals surface area contributed by atoms with Crippen molar-refractivity contribution in [3.63, 3.8) is 0 Å². The van der Waals surface area contributed by atoms with Crippen molar-refractivity contribution in [1.29, 1.82) is 0 Å². The Kier molecular flexibility index (Phi) is 16.5. The average Bonchev–Trinajstić information content (AvgIpc) is 3.46. The molecule has 0 fully saturated rings. The van der Waals surface area contributed by atoms with Gasteiger partial charge in [-0.3, -0.25) is 4.90 Å². The third-order valence-corrected chi connectivity index (χ3v) is 10.2. The van der Waals surface area contributed by atoms with Crippen LogP contribution >= 0.6 is 11.8 Å². The Morgan fingerprint density at radius 2 is 1.50 bits per heavy atom. The molecule has 0 bridgehead atoms. The molecule has 0 saturated carbocycles. The molecule has 284 valence electrons. The zero-order valence-electron chi connectivity index (χ0n) is 31.9. The number of amides is 1. The zero-order valence-corrected chi connectivity index (χ0v) is 32.7. The van der Waals surface area contributed by atoms with Crippen molar-refractivity contribution in [3.8, 4) is 11.1 Å². The van der Waals surface area contributed by atoms with Crippen LogP contribution in [0.5, 0.6) is 0 Å². The Balaban J connectivity index is 1.72. The molecule has 1 amide bonds. The van der Waals surface area contributed by atoms with Crippen LogP contribution in [0.2, 0.25) is 0 Å². The highest BCUT2D eigenvalue weighted by Gasteiger charge is 2.35. The van der Waals surface area contributed by atoms with E-state index in [0.717, 1.165) is 27.8 Å². The van der Waals surface area contributed by atoms with Crippen molar-refractivity contribution in [1.82, 2.24) is 4.90 Å². The Morgan fingerprint density at radius 3 is 2.04 bits per heavy atom. The van der Waals surface area contributed by atoms with Crippen LogP contribution in [0.3, 0.4) is 0 Å². The second kappa shape index (κ2) is 20.2.